The van der Waals surface area contributed by atoms with Crippen LogP contribution in [0, 0.1) is 0 Å². The van der Waals surface area contributed by atoms with Gasteiger partial charge >= 0.3 is 0 Å². The fraction of sp³-hybridized carbons (Fsp3) is 0.500. The van der Waals surface area contributed by atoms with Crippen LogP contribution in [-0.4, -0.2) is 35.7 Å². The van der Waals surface area contributed by atoms with Crippen LogP contribution in [0.15, 0.2) is 11.1 Å². The van der Waals surface area contributed by atoms with Gasteiger partial charge in [0, 0.05) is 20.3 Å². The van der Waals surface area contributed by atoms with E-state index in [0.29, 0.717) is 19.6 Å². The third-order valence-electron chi connectivity index (χ3n) is 2.19. The third-order valence-corrected chi connectivity index (χ3v) is 2.49. The van der Waals surface area contributed by atoms with Gasteiger partial charge < -0.3 is 15.8 Å². The molecule has 0 saturated heterocycles. The minimum atomic E-state index is -0.526. The van der Waals surface area contributed by atoms with Crippen LogP contribution in [0.5, 0.6) is 0 Å². The van der Waals surface area contributed by atoms with E-state index < -0.39 is 5.56 Å². The Morgan fingerprint density at radius 1 is 1.67 bits per heavy atom. The van der Waals surface area contributed by atoms with Crippen LogP contribution in [0.25, 0.3) is 0 Å². The molecule has 0 aliphatic carbocycles. The summed E-state index contributed by atoms with van der Waals surface area (Å²) in [5.74, 6) is -0.295. The number of nitrogen functional groups attached to an aromatic ring is 1. The molecule has 1 aromatic rings. The van der Waals surface area contributed by atoms with Crippen molar-refractivity contribution in [1.82, 2.24) is 14.9 Å². The molecular weight excluding hydrogens is 260 g/mol. The number of hydrogen-bond donors (Lipinski definition) is 2. The molecule has 8 heteroatoms. The molecule has 1 aromatic heterocycles. The first-order chi connectivity index (χ1) is 8.56. The molecule has 0 spiro atoms. The minimum Gasteiger partial charge on any atom is -0.392 e. The molecule has 18 heavy (non-hydrogen) atoms. The standard InChI is InChI=1S/C10H15ClN4O3/c1-18-4-2-3-13-7(16)5-15-6-14-9(11)8(12)10(15)17/h6H,2-5,12H2,1H3,(H,13,16). The average Bonchev–Trinajstić information content (AvgIpc) is 2.35. The second kappa shape index (κ2) is 6.97. The summed E-state index contributed by atoms with van der Waals surface area (Å²) in [5, 5.41) is 2.59. The van der Waals surface area contributed by atoms with Crippen molar-refractivity contribution in [3.8, 4) is 0 Å². The summed E-state index contributed by atoms with van der Waals surface area (Å²) in [7, 11) is 1.59. The monoisotopic (exact) mass is 274 g/mol. The van der Waals surface area contributed by atoms with Crippen LogP contribution in [0.1, 0.15) is 6.42 Å². The molecule has 0 atom stereocenters. The molecule has 0 fully saturated rings. The highest BCUT2D eigenvalue weighted by Crippen LogP contribution is 2.07. The van der Waals surface area contributed by atoms with Crippen molar-refractivity contribution >= 4 is 23.2 Å². The predicted molar refractivity (Wildman–Crippen MR) is 67.4 cm³/mol. The van der Waals surface area contributed by atoms with Crippen molar-refractivity contribution < 1.29 is 9.53 Å². The van der Waals surface area contributed by atoms with Gasteiger partial charge in [-0.15, -0.1) is 0 Å². The van der Waals surface area contributed by atoms with Crippen LogP contribution in [0.3, 0.4) is 0 Å². The second-order valence-corrected chi connectivity index (χ2v) is 3.94. The van der Waals surface area contributed by atoms with Gasteiger partial charge in [-0.2, -0.15) is 0 Å². The first kappa shape index (κ1) is 14.5. The van der Waals surface area contributed by atoms with E-state index in [-0.39, 0.29) is 23.3 Å². The van der Waals surface area contributed by atoms with E-state index in [0.717, 1.165) is 4.57 Å². The van der Waals surface area contributed by atoms with E-state index in [2.05, 4.69) is 10.3 Å². The van der Waals surface area contributed by atoms with Gasteiger partial charge in [-0.1, -0.05) is 11.6 Å². The van der Waals surface area contributed by atoms with Gasteiger partial charge in [0.1, 0.15) is 12.2 Å². The highest BCUT2D eigenvalue weighted by molar-refractivity contribution is 6.31. The zero-order valence-corrected chi connectivity index (χ0v) is 10.7. The summed E-state index contributed by atoms with van der Waals surface area (Å²) >= 11 is 5.58. The van der Waals surface area contributed by atoms with Crippen molar-refractivity contribution in [2.24, 2.45) is 0 Å². The number of amides is 1. The minimum absolute atomic E-state index is 0.0586. The Morgan fingerprint density at radius 2 is 2.39 bits per heavy atom. The molecule has 1 rings (SSSR count). The molecule has 100 valence electrons. The van der Waals surface area contributed by atoms with Crippen molar-refractivity contribution in [2.45, 2.75) is 13.0 Å². The summed E-state index contributed by atoms with van der Waals surface area (Å²) in [6.07, 6.45) is 1.90. The maximum atomic E-state index is 11.6. The maximum absolute atomic E-state index is 11.6. The van der Waals surface area contributed by atoms with Crippen LogP contribution in [-0.2, 0) is 16.1 Å². The Hall–Kier alpha value is -1.60. The van der Waals surface area contributed by atoms with Gasteiger partial charge in [-0.3, -0.25) is 14.2 Å². The van der Waals surface area contributed by atoms with E-state index in [1.165, 1.54) is 6.33 Å². The molecule has 1 heterocycles. The van der Waals surface area contributed by atoms with Gasteiger partial charge in [-0.05, 0) is 6.42 Å². The molecular formula is C10H15ClN4O3. The number of ether oxygens (including phenoxy) is 1. The maximum Gasteiger partial charge on any atom is 0.278 e. The summed E-state index contributed by atoms with van der Waals surface area (Å²) in [5.41, 5.74) is 4.74. The number of anilines is 1. The van der Waals surface area contributed by atoms with Crippen LogP contribution in [0.4, 0.5) is 5.69 Å². The number of nitrogens with one attached hydrogen (secondary N) is 1. The highest BCUT2D eigenvalue weighted by atomic mass is 35.5. The van der Waals surface area contributed by atoms with Crippen LogP contribution < -0.4 is 16.6 Å². The Kier molecular flexibility index (Phi) is 5.60. The summed E-state index contributed by atoms with van der Waals surface area (Å²) in [6, 6.07) is 0. The second-order valence-electron chi connectivity index (χ2n) is 3.58. The number of nitrogens with two attached hydrogens (primary N) is 1. The zero-order chi connectivity index (χ0) is 13.5. The first-order valence-corrected chi connectivity index (χ1v) is 5.70. The lowest BCUT2D eigenvalue weighted by Crippen LogP contribution is -2.34. The van der Waals surface area contributed by atoms with Crippen LogP contribution >= 0.6 is 11.6 Å². The van der Waals surface area contributed by atoms with E-state index >= 15 is 0 Å². The SMILES string of the molecule is COCCCNC(=O)Cn1cnc(Cl)c(N)c1=O. The predicted octanol–water partition coefficient (Wildman–Crippen LogP) is -0.368. The number of rotatable bonds is 6. The number of nitrogens with zero attached hydrogens (tertiary/aromatic N) is 2. The number of hydrogen-bond acceptors (Lipinski definition) is 5. The average molecular weight is 275 g/mol. The molecule has 0 unspecified atom stereocenters. The van der Waals surface area contributed by atoms with E-state index in [4.69, 9.17) is 22.1 Å². The quantitative estimate of drug-likeness (QED) is 0.545. The molecule has 0 saturated carbocycles. The number of halogens is 1. The van der Waals surface area contributed by atoms with Gasteiger partial charge in [0.2, 0.25) is 5.91 Å². The van der Waals surface area contributed by atoms with Crippen molar-refractivity contribution in [3.63, 3.8) is 0 Å². The van der Waals surface area contributed by atoms with Gasteiger partial charge in [-0.25, -0.2) is 4.98 Å². The van der Waals surface area contributed by atoms with E-state index in [9.17, 15) is 9.59 Å². The lowest BCUT2D eigenvalue weighted by atomic mass is 10.4. The Labute approximate surface area is 109 Å². The normalized spacial score (nSPS) is 10.3. The zero-order valence-electron chi connectivity index (χ0n) is 9.98. The molecule has 3 N–H and O–H groups in total. The molecule has 0 aromatic carbocycles. The van der Waals surface area contributed by atoms with Gasteiger partial charge in [0.05, 0.1) is 6.33 Å². The fourth-order valence-corrected chi connectivity index (χ4v) is 1.38. The number of aromatic nitrogens is 2. The summed E-state index contributed by atoms with van der Waals surface area (Å²) < 4.78 is 5.95. The molecule has 1 amide bonds. The molecule has 0 radical (unpaired) electrons. The molecule has 7 nitrogen and oxygen atoms in total. The summed E-state index contributed by atoms with van der Waals surface area (Å²) in [4.78, 5) is 26.8. The number of carbonyl (C=O) groups is 1. The largest absolute Gasteiger partial charge is 0.392 e. The van der Waals surface area contributed by atoms with E-state index in [1.807, 2.05) is 0 Å². The highest BCUT2D eigenvalue weighted by Gasteiger charge is 2.09. The Balaban J connectivity index is 2.55. The fourth-order valence-electron chi connectivity index (χ4n) is 1.25. The van der Waals surface area contributed by atoms with Gasteiger partial charge in [0.15, 0.2) is 5.15 Å². The molecule has 0 aliphatic heterocycles. The van der Waals surface area contributed by atoms with Gasteiger partial charge in [0.25, 0.3) is 5.56 Å². The lowest BCUT2D eigenvalue weighted by Gasteiger charge is -2.07. The van der Waals surface area contributed by atoms with Crippen LogP contribution in [0.2, 0.25) is 5.15 Å². The molecule has 0 aliphatic rings. The number of carbonyl (C=O) groups excluding carboxylic acids is 1. The molecule has 0 bridgehead atoms. The third kappa shape index (κ3) is 4.01. The first-order valence-electron chi connectivity index (χ1n) is 5.32. The van der Waals surface area contributed by atoms with E-state index in [1.54, 1.807) is 7.11 Å². The summed E-state index contributed by atoms with van der Waals surface area (Å²) in [6.45, 7) is 0.911. The lowest BCUT2D eigenvalue weighted by molar-refractivity contribution is -0.121. The smallest absolute Gasteiger partial charge is 0.278 e. The van der Waals surface area contributed by atoms with Crippen molar-refractivity contribution in [2.75, 3.05) is 26.0 Å². The Morgan fingerprint density at radius 3 is 3.06 bits per heavy atom. The number of methoxy groups -OCH3 is 1. The topological polar surface area (TPSA) is 99.2 Å². The van der Waals surface area contributed by atoms with Crippen molar-refractivity contribution in [3.05, 3.63) is 21.8 Å². The van der Waals surface area contributed by atoms with Crippen molar-refractivity contribution in [1.29, 1.82) is 0 Å². The Bertz CT molecular complexity index is 475.